The molecule has 1 aliphatic heterocycles. The average Bonchev–Trinajstić information content (AvgIpc) is 2.63. The van der Waals surface area contributed by atoms with Gasteiger partial charge in [0.2, 0.25) is 0 Å². The van der Waals surface area contributed by atoms with E-state index in [-0.39, 0.29) is 5.75 Å². The van der Waals surface area contributed by atoms with Gasteiger partial charge >= 0.3 is 6.61 Å². The summed E-state index contributed by atoms with van der Waals surface area (Å²) in [6, 6.07) is 7.07. The molecular formula is C12H16F2N2O. The molecule has 1 aliphatic rings. The Morgan fingerprint density at radius 3 is 2.94 bits per heavy atom. The first-order chi connectivity index (χ1) is 8.13. The highest BCUT2D eigenvalue weighted by Gasteiger charge is 2.19. The van der Waals surface area contributed by atoms with Crippen molar-refractivity contribution in [1.82, 2.24) is 4.90 Å². The third-order valence-electron chi connectivity index (χ3n) is 2.82. The minimum atomic E-state index is -2.78. The van der Waals surface area contributed by atoms with E-state index in [0.29, 0.717) is 6.04 Å². The fraction of sp³-hybridized carbons (Fsp3) is 0.500. The molecule has 1 fully saturated rings. The molecule has 1 aromatic carbocycles. The molecular weight excluding hydrogens is 226 g/mol. The van der Waals surface area contributed by atoms with E-state index in [9.17, 15) is 8.78 Å². The maximum Gasteiger partial charge on any atom is 0.387 e. The summed E-state index contributed by atoms with van der Waals surface area (Å²) in [4.78, 5) is 2.23. The molecule has 1 N–H and O–H groups in total. The zero-order valence-electron chi connectivity index (χ0n) is 9.70. The van der Waals surface area contributed by atoms with Gasteiger partial charge in [-0.05, 0) is 32.1 Å². The molecule has 1 aromatic rings. The predicted octanol–water partition coefficient (Wildman–Crippen LogP) is 2.40. The molecule has 94 valence electrons. The van der Waals surface area contributed by atoms with E-state index in [2.05, 4.69) is 22.0 Å². The molecule has 0 saturated carbocycles. The average molecular weight is 242 g/mol. The van der Waals surface area contributed by atoms with Gasteiger partial charge in [0.25, 0.3) is 0 Å². The maximum absolute atomic E-state index is 12.1. The monoisotopic (exact) mass is 242 g/mol. The molecule has 0 aliphatic carbocycles. The summed E-state index contributed by atoms with van der Waals surface area (Å²) in [5.74, 6) is 0.191. The first-order valence-corrected chi connectivity index (χ1v) is 5.63. The lowest BCUT2D eigenvalue weighted by Crippen LogP contribution is -2.23. The molecule has 0 amide bonds. The topological polar surface area (TPSA) is 24.5 Å². The van der Waals surface area contributed by atoms with E-state index in [1.807, 2.05) is 6.07 Å². The van der Waals surface area contributed by atoms with Crippen molar-refractivity contribution in [1.29, 1.82) is 0 Å². The third-order valence-corrected chi connectivity index (χ3v) is 2.82. The van der Waals surface area contributed by atoms with Gasteiger partial charge in [-0.25, -0.2) is 0 Å². The Hall–Kier alpha value is -1.36. The van der Waals surface area contributed by atoms with Crippen molar-refractivity contribution in [2.24, 2.45) is 0 Å². The number of nitrogens with zero attached hydrogens (tertiary/aromatic N) is 1. The molecule has 17 heavy (non-hydrogen) atoms. The minimum Gasteiger partial charge on any atom is -0.435 e. The summed E-state index contributed by atoms with van der Waals surface area (Å²) in [6.07, 6.45) is 1.07. The van der Waals surface area contributed by atoms with Crippen LogP contribution in [0, 0.1) is 0 Å². The molecule has 1 saturated heterocycles. The fourth-order valence-electron chi connectivity index (χ4n) is 2.05. The van der Waals surface area contributed by atoms with Gasteiger partial charge in [0.1, 0.15) is 5.75 Å². The first kappa shape index (κ1) is 12.1. The number of ether oxygens (including phenoxy) is 1. The first-order valence-electron chi connectivity index (χ1n) is 5.63. The number of hydrogen-bond donors (Lipinski definition) is 1. The molecule has 0 radical (unpaired) electrons. The van der Waals surface area contributed by atoms with Crippen LogP contribution in [-0.2, 0) is 0 Å². The Morgan fingerprint density at radius 2 is 2.29 bits per heavy atom. The van der Waals surface area contributed by atoms with E-state index in [0.717, 1.165) is 25.2 Å². The second kappa shape index (κ2) is 5.31. The van der Waals surface area contributed by atoms with Crippen molar-refractivity contribution < 1.29 is 13.5 Å². The van der Waals surface area contributed by atoms with E-state index in [1.165, 1.54) is 6.07 Å². The summed E-state index contributed by atoms with van der Waals surface area (Å²) < 4.78 is 28.5. The van der Waals surface area contributed by atoms with Crippen LogP contribution in [0.15, 0.2) is 24.3 Å². The van der Waals surface area contributed by atoms with Gasteiger partial charge in [-0.3, -0.25) is 0 Å². The van der Waals surface area contributed by atoms with Crippen molar-refractivity contribution in [2.45, 2.75) is 19.1 Å². The highest BCUT2D eigenvalue weighted by molar-refractivity contribution is 5.49. The van der Waals surface area contributed by atoms with Crippen molar-refractivity contribution in [3.05, 3.63) is 24.3 Å². The number of hydrogen-bond acceptors (Lipinski definition) is 3. The summed E-state index contributed by atoms with van der Waals surface area (Å²) in [7, 11) is 2.07. The van der Waals surface area contributed by atoms with Crippen LogP contribution in [0.1, 0.15) is 6.42 Å². The van der Waals surface area contributed by atoms with E-state index in [1.54, 1.807) is 12.1 Å². The van der Waals surface area contributed by atoms with Crippen LogP contribution >= 0.6 is 0 Å². The zero-order valence-corrected chi connectivity index (χ0v) is 9.70. The van der Waals surface area contributed by atoms with Crippen LogP contribution in [0.3, 0.4) is 0 Å². The molecule has 1 atom stereocenters. The van der Waals surface area contributed by atoms with Crippen molar-refractivity contribution in [3.8, 4) is 5.75 Å². The van der Waals surface area contributed by atoms with Gasteiger partial charge in [0.05, 0.1) is 0 Å². The van der Waals surface area contributed by atoms with Crippen LogP contribution in [0.2, 0.25) is 0 Å². The van der Waals surface area contributed by atoms with Crippen molar-refractivity contribution in [3.63, 3.8) is 0 Å². The Labute approximate surface area is 99.4 Å². The van der Waals surface area contributed by atoms with E-state index < -0.39 is 6.61 Å². The molecule has 2 rings (SSSR count). The molecule has 1 heterocycles. The van der Waals surface area contributed by atoms with Gasteiger partial charge in [-0.15, -0.1) is 0 Å². The Kier molecular flexibility index (Phi) is 3.78. The molecule has 3 nitrogen and oxygen atoms in total. The summed E-state index contributed by atoms with van der Waals surface area (Å²) in [6.45, 7) is -0.743. The number of rotatable bonds is 4. The number of benzene rings is 1. The molecule has 1 unspecified atom stereocenters. The second-order valence-electron chi connectivity index (χ2n) is 4.30. The van der Waals surface area contributed by atoms with Crippen LogP contribution in [0.4, 0.5) is 14.5 Å². The molecule has 0 spiro atoms. The number of halogens is 2. The van der Waals surface area contributed by atoms with E-state index >= 15 is 0 Å². The molecule has 0 bridgehead atoms. The zero-order chi connectivity index (χ0) is 12.3. The number of nitrogens with one attached hydrogen (secondary N) is 1. The minimum absolute atomic E-state index is 0.191. The summed E-state index contributed by atoms with van der Waals surface area (Å²) in [5.41, 5.74) is 0.823. The molecule has 5 heteroatoms. The fourth-order valence-corrected chi connectivity index (χ4v) is 2.05. The number of likely N-dealkylation sites (N-methyl/N-ethyl adjacent to an activating group) is 1. The maximum atomic E-state index is 12.1. The number of anilines is 1. The van der Waals surface area contributed by atoms with Gasteiger partial charge in [-0.2, -0.15) is 8.78 Å². The summed E-state index contributed by atoms with van der Waals surface area (Å²) in [5, 5.41) is 3.32. The lowest BCUT2D eigenvalue weighted by molar-refractivity contribution is -0.0498. The van der Waals surface area contributed by atoms with Gasteiger partial charge in [0.15, 0.2) is 0 Å². The van der Waals surface area contributed by atoms with Crippen LogP contribution in [-0.4, -0.2) is 37.7 Å². The lowest BCUT2D eigenvalue weighted by Gasteiger charge is -2.15. The Morgan fingerprint density at radius 1 is 1.47 bits per heavy atom. The number of alkyl halides is 2. The SMILES string of the molecule is CN1CCC(Nc2cccc(OC(F)F)c2)C1. The van der Waals surface area contributed by atoms with Crippen molar-refractivity contribution >= 4 is 5.69 Å². The molecule has 0 aromatic heterocycles. The summed E-state index contributed by atoms with van der Waals surface area (Å²) >= 11 is 0. The third kappa shape index (κ3) is 3.56. The number of likely N-dealkylation sites (tertiary alicyclic amines) is 1. The standard InChI is InChI=1S/C12H16F2N2O/c1-16-6-5-10(8-16)15-9-3-2-4-11(7-9)17-12(13)14/h2-4,7,10,12,15H,5-6,8H2,1H3. The van der Waals surface area contributed by atoms with E-state index in [4.69, 9.17) is 0 Å². The van der Waals surface area contributed by atoms with Gasteiger partial charge in [-0.1, -0.05) is 6.07 Å². The van der Waals surface area contributed by atoms with Gasteiger partial charge < -0.3 is 15.0 Å². The highest BCUT2D eigenvalue weighted by Crippen LogP contribution is 2.21. The van der Waals surface area contributed by atoms with Crippen molar-refractivity contribution in [2.75, 3.05) is 25.5 Å². The largest absolute Gasteiger partial charge is 0.435 e. The van der Waals surface area contributed by atoms with Crippen LogP contribution in [0.25, 0.3) is 0 Å². The van der Waals surface area contributed by atoms with Crippen LogP contribution < -0.4 is 10.1 Å². The smallest absolute Gasteiger partial charge is 0.387 e. The normalized spacial score (nSPS) is 20.8. The highest BCUT2D eigenvalue weighted by atomic mass is 19.3. The van der Waals surface area contributed by atoms with Crippen LogP contribution in [0.5, 0.6) is 5.75 Å². The predicted molar refractivity (Wildman–Crippen MR) is 62.6 cm³/mol. The van der Waals surface area contributed by atoms with Gasteiger partial charge in [0, 0.05) is 24.3 Å². The second-order valence-corrected chi connectivity index (χ2v) is 4.30. The Bertz CT molecular complexity index is 373. The Balaban J connectivity index is 1.96. The quantitative estimate of drug-likeness (QED) is 0.877. The lowest BCUT2D eigenvalue weighted by atomic mass is 10.2.